The van der Waals surface area contributed by atoms with Gasteiger partial charge in [-0.15, -0.1) is 0 Å². The van der Waals surface area contributed by atoms with E-state index in [1.165, 1.54) is 32.1 Å². The van der Waals surface area contributed by atoms with Gasteiger partial charge in [-0.3, -0.25) is 10.1 Å². The van der Waals surface area contributed by atoms with Gasteiger partial charge in [-0.05, 0) is 31.7 Å². The normalized spacial score (nSPS) is 16.5. The van der Waals surface area contributed by atoms with Crippen LogP contribution in [0.5, 0.6) is 0 Å². The SMILES string of the molecule is Cc1ccc(NCC2CCCCC2)cc1[N+](=O)[O-]. The molecule has 1 aromatic rings. The molecule has 1 N–H and O–H groups in total. The Bertz CT molecular complexity index is 426. The highest BCUT2D eigenvalue weighted by molar-refractivity contribution is 5.54. The second kappa shape index (κ2) is 5.85. The van der Waals surface area contributed by atoms with Crippen LogP contribution in [0.2, 0.25) is 0 Å². The van der Waals surface area contributed by atoms with E-state index in [9.17, 15) is 10.1 Å². The molecule has 1 aliphatic rings. The molecule has 0 saturated heterocycles. The first-order valence-corrected chi connectivity index (χ1v) is 6.66. The second-order valence-corrected chi connectivity index (χ2v) is 5.14. The van der Waals surface area contributed by atoms with Crippen LogP contribution in [0.3, 0.4) is 0 Å². The largest absolute Gasteiger partial charge is 0.385 e. The highest BCUT2D eigenvalue weighted by atomic mass is 16.6. The van der Waals surface area contributed by atoms with E-state index in [-0.39, 0.29) is 10.6 Å². The van der Waals surface area contributed by atoms with Gasteiger partial charge in [0.25, 0.3) is 5.69 Å². The van der Waals surface area contributed by atoms with Crippen molar-refractivity contribution in [1.29, 1.82) is 0 Å². The van der Waals surface area contributed by atoms with Crippen molar-refractivity contribution < 1.29 is 4.92 Å². The summed E-state index contributed by atoms with van der Waals surface area (Å²) < 4.78 is 0. The Hall–Kier alpha value is -1.58. The average Bonchev–Trinajstić information content (AvgIpc) is 2.38. The summed E-state index contributed by atoms with van der Waals surface area (Å²) in [6.45, 7) is 2.70. The lowest BCUT2D eigenvalue weighted by molar-refractivity contribution is -0.385. The molecule has 0 amide bonds. The Morgan fingerprint density at radius 2 is 2.06 bits per heavy atom. The zero-order valence-corrected chi connectivity index (χ0v) is 10.8. The molecule has 0 radical (unpaired) electrons. The lowest BCUT2D eigenvalue weighted by Gasteiger charge is -2.22. The molecule has 2 rings (SSSR count). The first-order chi connectivity index (χ1) is 8.66. The van der Waals surface area contributed by atoms with Crippen molar-refractivity contribution in [2.75, 3.05) is 11.9 Å². The van der Waals surface area contributed by atoms with Gasteiger partial charge >= 0.3 is 0 Å². The summed E-state index contributed by atoms with van der Waals surface area (Å²) in [5.41, 5.74) is 1.77. The number of rotatable bonds is 4. The summed E-state index contributed by atoms with van der Waals surface area (Å²) in [6.07, 6.45) is 6.55. The quantitative estimate of drug-likeness (QED) is 0.649. The maximum Gasteiger partial charge on any atom is 0.274 e. The van der Waals surface area contributed by atoms with Crippen molar-refractivity contribution >= 4 is 11.4 Å². The van der Waals surface area contributed by atoms with Gasteiger partial charge < -0.3 is 5.32 Å². The average molecular weight is 248 g/mol. The summed E-state index contributed by atoms with van der Waals surface area (Å²) in [5, 5.41) is 14.2. The van der Waals surface area contributed by atoms with E-state index in [1.54, 1.807) is 19.1 Å². The van der Waals surface area contributed by atoms with Gasteiger partial charge in [0.15, 0.2) is 0 Å². The maximum absolute atomic E-state index is 10.9. The number of nitrogens with one attached hydrogen (secondary N) is 1. The van der Waals surface area contributed by atoms with Crippen LogP contribution in [0.4, 0.5) is 11.4 Å². The molecule has 0 spiro atoms. The van der Waals surface area contributed by atoms with Gasteiger partial charge in [0, 0.05) is 23.9 Å². The highest BCUT2D eigenvalue weighted by Crippen LogP contribution is 2.26. The number of hydrogen-bond acceptors (Lipinski definition) is 3. The number of hydrogen-bond donors (Lipinski definition) is 1. The topological polar surface area (TPSA) is 55.2 Å². The van der Waals surface area contributed by atoms with Crippen LogP contribution in [0, 0.1) is 23.0 Å². The van der Waals surface area contributed by atoms with E-state index >= 15 is 0 Å². The molecule has 0 heterocycles. The molecule has 4 heteroatoms. The molecular weight excluding hydrogens is 228 g/mol. The number of anilines is 1. The van der Waals surface area contributed by atoms with Crippen LogP contribution in [0.1, 0.15) is 37.7 Å². The van der Waals surface area contributed by atoms with E-state index in [0.29, 0.717) is 5.56 Å². The van der Waals surface area contributed by atoms with Crippen LogP contribution in [0.25, 0.3) is 0 Å². The predicted molar refractivity (Wildman–Crippen MR) is 72.9 cm³/mol. The molecule has 0 aromatic heterocycles. The third-order valence-electron chi connectivity index (χ3n) is 3.73. The third kappa shape index (κ3) is 3.22. The van der Waals surface area contributed by atoms with E-state index in [1.807, 2.05) is 6.07 Å². The van der Waals surface area contributed by atoms with Crippen molar-refractivity contribution in [2.45, 2.75) is 39.0 Å². The molecule has 4 nitrogen and oxygen atoms in total. The van der Waals surface area contributed by atoms with Gasteiger partial charge in [0.2, 0.25) is 0 Å². The first kappa shape index (κ1) is 12.9. The minimum atomic E-state index is -0.318. The minimum absolute atomic E-state index is 0.198. The molecule has 0 aliphatic heterocycles. The van der Waals surface area contributed by atoms with E-state index < -0.39 is 0 Å². The van der Waals surface area contributed by atoms with Crippen molar-refractivity contribution in [2.24, 2.45) is 5.92 Å². The molecule has 0 atom stereocenters. The third-order valence-corrected chi connectivity index (χ3v) is 3.73. The molecular formula is C14H20N2O2. The Balaban J connectivity index is 1.96. The van der Waals surface area contributed by atoms with Gasteiger partial charge in [0.1, 0.15) is 0 Å². The van der Waals surface area contributed by atoms with Crippen molar-refractivity contribution in [3.05, 3.63) is 33.9 Å². The summed E-state index contributed by atoms with van der Waals surface area (Å²) in [5.74, 6) is 0.721. The molecule has 0 bridgehead atoms. The Labute approximate surface area is 108 Å². The Morgan fingerprint density at radius 3 is 2.72 bits per heavy atom. The number of aryl methyl sites for hydroxylation is 1. The highest BCUT2D eigenvalue weighted by Gasteiger charge is 2.14. The van der Waals surface area contributed by atoms with E-state index in [2.05, 4.69) is 5.32 Å². The zero-order valence-electron chi connectivity index (χ0n) is 10.8. The fourth-order valence-electron chi connectivity index (χ4n) is 2.57. The van der Waals surface area contributed by atoms with Crippen LogP contribution >= 0.6 is 0 Å². The molecule has 1 fully saturated rings. The van der Waals surface area contributed by atoms with E-state index in [0.717, 1.165) is 18.2 Å². The van der Waals surface area contributed by atoms with Crippen molar-refractivity contribution in [3.63, 3.8) is 0 Å². The summed E-state index contributed by atoms with van der Waals surface area (Å²) in [4.78, 5) is 10.5. The summed E-state index contributed by atoms with van der Waals surface area (Å²) >= 11 is 0. The van der Waals surface area contributed by atoms with Gasteiger partial charge in [-0.2, -0.15) is 0 Å². The number of benzene rings is 1. The summed E-state index contributed by atoms with van der Waals surface area (Å²) in [6, 6.07) is 5.37. The number of nitro benzene ring substituents is 1. The standard InChI is InChI=1S/C14H20N2O2/c1-11-7-8-13(9-14(11)16(17)18)15-10-12-5-3-2-4-6-12/h7-9,12,15H,2-6,10H2,1H3. The first-order valence-electron chi connectivity index (χ1n) is 6.66. The molecule has 98 valence electrons. The van der Waals surface area contributed by atoms with Crippen molar-refractivity contribution in [3.8, 4) is 0 Å². The van der Waals surface area contributed by atoms with Gasteiger partial charge in [-0.25, -0.2) is 0 Å². The summed E-state index contributed by atoms with van der Waals surface area (Å²) in [7, 11) is 0. The molecule has 18 heavy (non-hydrogen) atoms. The van der Waals surface area contributed by atoms with Crippen LogP contribution in [-0.2, 0) is 0 Å². The maximum atomic E-state index is 10.9. The fourth-order valence-corrected chi connectivity index (χ4v) is 2.57. The van der Waals surface area contributed by atoms with Gasteiger partial charge in [-0.1, -0.05) is 25.3 Å². The van der Waals surface area contributed by atoms with Crippen LogP contribution in [0.15, 0.2) is 18.2 Å². The number of nitro groups is 1. The zero-order chi connectivity index (χ0) is 13.0. The minimum Gasteiger partial charge on any atom is -0.385 e. The van der Waals surface area contributed by atoms with Gasteiger partial charge in [0.05, 0.1) is 4.92 Å². The smallest absolute Gasteiger partial charge is 0.274 e. The second-order valence-electron chi connectivity index (χ2n) is 5.14. The van der Waals surface area contributed by atoms with Crippen LogP contribution < -0.4 is 5.32 Å². The Kier molecular flexibility index (Phi) is 4.18. The lowest BCUT2D eigenvalue weighted by Crippen LogP contribution is -2.17. The van der Waals surface area contributed by atoms with E-state index in [4.69, 9.17) is 0 Å². The number of nitrogens with zero attached hydrogens (tertiary/aromatic N) is 1. The fraction of sp³-hybridized carbons (Fsp3) is 0.571. The molecule has 1 aromatic carbocycles. The lowest BCUT2D eigenvalue weighted by atomic mass is 9.89. The van der Waals surface area contributed by atoms with Crippen molar-refractivity contribution in [1.82, 2.24) is 0 Å². The Morgan fingerprint density at radius 1 is 1.33 bits per heavy atom. The molecule has 1 saturated carbocycles. The molecule has 1 aliphatic carbocycles. The molecule has 0 unspecified atom stereocenters. The predicted octanol–water partition coefficient (Wildman–Crippen LogP) is 3.90. The monoisotopic (exact) mass is 248 g/mol. The van der Waals surface area contributed by atoms with Crippen LogP contribution in [-0.4, -0.2) is 11.5 Å².